The molecule has 1 saturated carbocycles. The fraction of sp³-hybridized carbons (Fsp3) is 0.875. The number of piperazine rings is 1. The number of rotatable bonds is 3. The first-order valence-electron chi connectivity index (χ1n) is 8.18. The fourth-order valence-corrected chi connectivity index (χ4v) is 3.55. The standard InChI is InChI=1S/C16H28N2O2/c1-4-11(2)14-15(19)17-12(3)16(20)18(14)13-9-7-5-6-8-10-13/h11-14H,4-10H2,1-3H3,(H,17,19). The first-order chi connectivity index (χ1) is 9.56. The Balaban J connectivity index is 2.25. The second-order valence-electron chi connectivity index (χ2n) is 6.45. The molecule has 2 amide bonds. The van der Waals surface area contributed by atoms with Gasteiger partial charge in [-0.25, -0.2) is 0 Å². The highest BCUT2D eigenvalue weighted by molar-refractivity contribution is 5.97. The minimum absolute atomic E-state index is 0.0377. The van der Waals surface area contributed by atoms with E-state index in [0.29, 0.717) is 0 Å². The summed E-state index contributed by atoms with van der Waals surface area (Å²) in [5.41, 5.74) is 0. The zero-order valence-electron chi connectivity index (χ0n) is 13.0. The lowest BCUT2D eigenvalue weighted by Crippen LogP contribution is -2.66. The van der Waals surface area contributed by atoms with Crippen LogP contribution in [0, 0.1) is 5.92 Å². The number of hydrogen-bond donors (Lipinski definition) is 1. The molecule has 114 valence electrons. The maximum atomic E-state index is 12.6. The Kier molecular flexibility index (Phi) is 5.06. The van der Waals surface area contributed by atoms with Gasteiger partial charge in [-0.2, -0.15) is 0 Å². The highest BCUT2D eigenvalue weighted by Crippen LogP contribution is 2.29. The van der Waals surface area contributed by atoms with Gasteiger partial charge in [-0.1, -0.05) is 46.0 Å². The van der Waals surface area contributed by atoms with Crippen LogP contribution in [-0.2, 0) is 9.59 Å². The summed E-state index contributed by atoms with van der Waals surface area (Å²) in [6.45, 7) is 5.97. The smallest absolute Gasteiger partial charge is 0.245 e. The minimum atomic E-state index is -0.369. The van der Waals surface area contributed by atoms with Crippen molar-refractivity contribution in [2.75, 3.05) is 0 Å². The van der Waals surface area contributed by atoms with Crippen LogP contribution in [0.15, 0.2) is 0 Å². The second-order valence-corrected chi connectivity index (χ2v) is 6.45. The van der Waals surface area contributed by atoms with E-state index in [1.165, 1.54) is 25.7 Å². The largest absolute Gasteiger partial charge is 0.343 e. The summed E-state index contributed by atoms with van der Waals surface area (Å²) in [5.74, 6) is 0.368. The molecule has 2 rings (SSSR count). The van der Waals surface area contributed by atoms with Crippen LogP contribution in [0.25, 0.3) is 0 Å². The number of carbonyl (C=O) groups excluding carboxylic acids is 2. The number of hydrogen-bond acceptors (Lipinski definition) is 2. The van der Waals surface area contributed by atoms with Gasteiger partial charge in [0.25, 0.3) is 0 Å². The van der Waals surface area contributed by atoms with E-state index in [9.17, 15) is 9.59 Å². The predicted molar refractivity (Wildman–Crippen MR) is 79.2 cm³/mol. The van der Waals surface area contributed by atoms with Gasteiger partial charge in [-0.05, 0) is 25.7 Å². The quantitative estimate of drug-likeness (QED) is 0.807. The molecule has 3 atom stereocenters. The summed E-state index contributed by atoms with van der Waals surface area (Å²) in [5, 5.41) is 2.85. The summed E-state index contributed by atoms with van der Waals surface area (Å²) >= 11 is 0. The lowest BCUT2D eigenvalue weighted by molar-refractivity contribution is -0.154. The maximum Gasteiger partial charge on any atom is 0.245 e. The minimum Gasteiger partial charge on any atom is -0.343 e. The normalized spacial score (nSPS) is 30.9. The Bertz CT molecular complexity index is 361. The molecule has 1 heterocycles. The molecular weight excluding hydrogens is 252 g/mol. The number of amides is 2. The van der Waals surface area contributed by atoms with Crippen molar-refractivity contribution in [1.29, 1.82) is 0 Å². The molecule has 20 heavy (non-hydrogen) atoms. The highest BCUT2D eigenvalue weighted by Gasteiger charge is 2.43. The van der Waals surface area contributed by atoms with Gasteiger partial charge in [0.05, 0.1) is 0 Å². The SMILES string of the molecule is CCC(C)C1C(=O)NC(C)C(=O)N1C1CCCCCC1. The van der Waals surface area contributed by atoms with E-state index in [2.05, 4.69) is 19.2 Å². The van der Waals surface area contributed by atoms with E-state index >= 15 is 0 Å². The van der Waals surface area contributed by atoms with Crippen molar-refractivity contribution in [1.82, 2.24) is 10.2 Å². The van der Waals surface area contributed by atoms with Crippen LogP contribution in [0.2, 0.25) is 0 Å². The average molecular weight is 280 g/mol. The van der Waals surface area contributed by atoms with Crippen LogP contribution in [-0.4, -0.2) is 34.8 Å². The Morgan fingerprint density at radius 3 is 2.35 bits per heavy atom. The van der Waals surface area contributed by atoms with E-state index < -0.39 is 0 Å². The van der Waals surface area contributed by atoms with Gasteiger partial charge in [0.2, 0.25) is 11.8 Å². The lowest BCUT2D eigenvalue weighted by Gasteiger charge is -2.44. The van der Waals surface area contributed by atoms with Gasteiger partial charge in [0.1, 0.15) is 12.1 Å². The molecule has 0 aromatic heterocycles. The first kappa shape index (κ1) is 15.3. The average Bonchev–Trinajstić information content (AvgIpc) is 2.70. The Morgan fingerprint density at radius 1 is 1.20 bits per heavy atom. The fourth-order valence-electron chi connectivity index (χ4n) is 3.55. The summed E-state index contributed by atoms with van der Waals surface area (Å²) in [6.07, 6.45) is 7.90. The van der Waals surface area contributed by atoms with Crippen LogP contribution >= 0.6 is 0 Å². The van der Waals surface area contributed by atoms with E-state index in [4.69, 9.17) is 0 Å². The van der Waals surface area contributed by atoms with E-state index in [0.717, 1.165) is 19.3 Å². The second kappa shape index (κ2) is 6.59. The van der Waals surface area contributed by atoms with Crippen molar-refractivity contribution in [3.05, 3.63) is 0 Å². The van der Waals surface area contributed by atoms with Crippen molar-refractivity contribution in [2.45, 2.75) is 83.8 Å². The van der Waals surface area contributed by atoms with Gasteiger partial charge in [0, 0.05) is 6.04 Å². The van der Waals surface area contributed by atoms with Crippen LogP contribution in [0.3, 0.4) is 0 Å². The van der Waals surface area contributed by atoms with Crippen molar-refractivity contribution in [3.63, 3.8) is 0 Å². The Morgan fingerprint density at radius 2 is 1.80 bits per heavy atom. The lowest BCUT2D eigenvalue weighted by atomic mass is 9.90. The summed E-state index contributed by atoms with van der Waals surface area (Å²) in [7, 11) is 0. The molecule has 0 radical (unpaired) electrons. The molecule has 4 heteroatoms. The zero-order valence-corrected chi connectivity index (χ0v) is 13.0. The molecule has 1 saturated heterocycles. The third-order valence-corrected chi connectivity index (χ3v) is 4.95. The predicted octanol–water partition coefficient (Wildman–Crippen LogP) is 2.47. The van der Waals surface area contributed by atoms with Gasteiger partial charge in [-0.15, -0.1) is 0 Å². The molecule has 1 aliphatic heterocycles. The molecule has 3 unspecified atom stereocenters. The van der Waals surface area contributed by atoms with Gasteiger partial charge < -0.3 is 10.2 Å². The van der Waals surface area contributed by atoms with Crippen LogP contribution < -0.4 is 5.32 Å². The van der Waals surface area contributed by atoms with Crippen molar-refractivity contribution in [2.24, 2.45) is 5.92 Å². The molecular formula is C16H28N2O2. The number of carbonyl (C=O) groups is 2. The monoisotopic (exact) mass is 280 g/mol. The zero-order chi connectivity index (χ0) is 14.7. The van der Waals surface area contributed by atoms with Crippen LogP contribution in [0.1, 0.15) is 65.7 Å². The third kappa shape index (κ3) is 2.99. The molecule has 1 aliphatic carbocycles. The Labute approximate surface area is 122 Å². The summed E-state index contributed by atoms with van der Waals surface area (Å²) in [6, 6.07) is -0.379. The molecule has 2 aliphatic rings. The van der Waals surface area contributed by atoms with Crippen molar-refractivity contribution < 1.29 is 9.59 Å². The molecule has 0 spiro atoms. The molecule has 4 nitrogen and oxygen atoms in total. The Hall–Kier alpha value is -1.06. The van der Waals surface area contributed by atoms with Crippen molar-refractivity contribution in [3.8, 4) is 0 Å². The third-order valence-electron chi connectivity index (χ3n) is 4.95. The summed E-state index contributed by atoms with van der Waals surface area (Å²) in [4.78, 5) is 27.0. The molecule has 2 fully saturated rings. The number of nitrogens with zero attached hydrogens (tertiary/aromatic N) is 1. The highest BCUT2D eigenvalue weighted by atomic mass is 16.2. The topological polar surface area (TPSA) is 49.4 Å². The molecule has 1 N–H and O–H groups in total. The van der Waals surface area contributed by atoms with E-state index in [1.54, 1.807) is 6.92 Å². The molecule has 0 aromatic carbocycles. The van der Waals surface area contributed by atoms with Crippen molar-refractivity contribution >= 4 is 11.8 Å². The van der Waals surface area contributed by atoms with E-state index in [1.807, 2.05) is 4.90 Å². The van der Waals surface area contributed by atoms with Crippen LogP contribution in [0.4, 0.5) is 0 Å². The van der Waals surface area contributed by atoms with Gasteiger partial charge >= 0.3 is 0 Å². The molecule has 0 bridgehead atoms. The van der Waals surface area contributed by atoms with Gasteiger partial charge in [-0.3, -0.25) is 9.59 Å². The molecule has 0 aromatic rings. The first-order valence-corrected chi connectivity index (χ1v) is 8.18. The van der Waals surface area contributed by atoms with Crippen LogP contribution in [0.5, 0.6) is 0 Å². The summed E-state index contributed by atoms with van der Waals surface area (Å²) < 4.78 is 0. The van der Waals surface area contributed by atoms with E-state index in [-0.39, 0.29) is 35.9 Å². The maximum absolute atomic E-state index is 12.6. The number of nitrogens with one attached hydrogen (secondary N) is 1. The van der Waals surface area contributed by atoms with Gasteiger partial charge in [0.15, 0.2) is 0 Å².